The van der Waals surface area contributed by atoms with Gasteiger partial charge in [-0.15, -0.1) is 0 Å². The number of anilines is 2. The molecule has 27 heavy (non-hydrogen) atoms. The first-order valence-corrected chi connectivity index (χ1v) is 8.29. The molecule has 0 bridgehead atoms. The van der Waals surface area contributed by atoms with E-state index in [0.29, 0.717) is 10.7 Å². The third kappa shape index (κ3) is 3.47. The van der Waals surface area contributed by atoms with Gasteiger partial charge in [0, 0.05) is 10.7 Å². The van der Waals surface area contributed by atoms with Gasteiger partial charge in [-0.1, -0.05) is 35.3 Å². The van der Waals surface area contributed by atoms with Crippen LogP contribution in [0.4, 0.5) is 11.4 Å². The SMILES string of the molecule is COc1ccc(Cl)cc1N1C(=O)C(Cl)=C(Nc2ccc(C(=O)[O-])cc2)C1=O. The molecule has 0 saturated heterocycles. The van der Waals surface area contributed by atoms with E-state index in [4.69, 9.17) is 27.9 Å². The van der Waals surface area contributed by atoms with Gasteiger partial charge in [-0.25, -0.2) is 4.90 Å². The number of carbonyl (C=O) groups excluding carboxylic acids is 3. The molecule has 3 rings (SSSR count). The molecule has 0 spiro atoms. The Morgan fingerprint density at radius 2 is 1.74 bits per heavy atom. The van der Waals surface area contributed by atoms with Crippen molar-refractivity contribution in [3.05, 3.63) is 63.8 Å². The summed E-state index contributed by atoms with van der Waals surface area (Å²) in [4.78, 5) is 37.0. The lowest BCUT2D eigenvalue weighted by Gasteiger charge is -2.18. The van der Waals surface area contributed by atoms with E-state index in [2.05, 4.69) is 5.32 Å². The quantitative estimate of drug-likeness (QED) is 0.765. The van der Waals surface area contributed by atoms with E-state index in [1.54, 1.807) is 6.07 Å². The van der Waals surface area contributed by atoms with Gasteiger partial charge >= 0.3 is 0 Å². The molecule has 0 aromatic heterocycles. The van der Waals surface area contributed by atoms with Crippen molar-refractivity contribution in [2.75, 3.05) is 17.3 Å². The number of amides is 2. The maximum Gasteiger partial charge on any atom is 0.283 e. The number of ether oxygens (including phenoxy) is 1. The van der Waals surface area contributed by atoms with Crippen LogP contribution in [-0.2, 0) is 9.59 Å². The fourth-order valence-electron chi connectivity index (χ4n) is 2.50. The number of aromatic carboxylic acids is 1. The number of nitrogens with zero attached hydrogens (tertiary/aromatic N) is 1. The molecule has 2 aromatic carbocycles. The smallest absolute Gasteiger partial charge is 0.283 e. The van der Waals surface area contributed by atoms with Crippen LogP contribution in [0.5, 0.6) is 5.75 Å². The highest BCUT2D eigenvalue weighted by Gasteiger charge is 2.40. The minimum Gasteiger partial charge on any atom is -0.545 e. The molecule has 1 aliphatic heterocycles. The van der Waals surface area contributed by atoms with Crippen LogP contribution in [0.2, 0.25) is 5.02 Å². The summed E-state index contributed by atoms with van der Waals surface area (Å²) in [5.41, 5.74) is 0.348. The van der Waals surface area contributed by atoms with E-state index in [0.717, 1.165) is 4.90 Å². The molecule has 138 valence electrons. The molecule has 0 aliphatic carbocycles. The zero-order valence-electron chi connectivity index (χ0n) is 13.8. The summed E-state index contributed by atoms with van der Waals surface area (Å²) in [6.45, 7) is 0. The lowest BCUT2D eigenvalue weighted by atomic mass is 10.2. The van der Waals surface area contributed by atoms with Crippen molar-refractivity contribution in [3.63, 3.8) is 0 Å². The van der Waals surface area contributed by atoms with Crippen molar-refractivity contribution < 1.29 is 24.2 Å². The van der Waals surface area contributed by atoms with Gasteiger partial charge in [0.05, 0.1) is 18.8 Å². The number of hydrogen-bond acceptors (Lipinski definition) is 6. The van der Waals surface area contributed by atoms with Gasteiger partial charge in [0.1, 0.15) is 16.5 Å². The molecule has 2 aromatic rings. The largest absolute Gasteiger partial charge is 0.545 e. The predicted molar refractivity (Wildman–Crippen MR) is 97.8 cm³/mol. The topological polar surface area (TPSA) is 98.8 Å². The molecule has 0 atom stereocenters. The first-order chi connectivity index (χ1) is 12.8. The molecule has 9 heteroatoms. The second-order valence-corrected chi connectivity index (χ2v) is 6.26. The van der Waals surface area contributed by atoms with Crippen LogP contribution in [0, 0.1) is 0 Å². The van der Waals surface area contributed by atoms with Crippen LogP contribution < -0.4 is 20.1 Å². The number of carboxylic acid groups (broad SMARTS) is 1. The molecule has 0 unspecified atom stereocenters. The maximum atomic E-state index is 12.8. The van der Waals surface area contributed by atoms with Crippen molar-refractivity contribution in [1.29, 1.82) is 0 Å². The Morgan fingerprint density at radius 1 is 1.07 bits per heavy atom. The molecular formula is C18H11Cl2N2O5-. The molecule has 1 aliphatic rings. The molecular weight excluding hydrogens is 395 g/mol. The first-order valence-electron chi connectivity index (χ1n) is 7.54. The van der Waals surface area contributed by atoms with E-state index < -0.39 is 17.8 Å². The third-order valence-corrected chi connectivity index (χ3v) is 4.38. The zero-order valence-corrected chi connectivity index (χ0v) is 15.3. The highest BCUT2D eigenvalue weighted by molar-refractivity contribution is 6.53. The summed E-state index contributed by atoms with van der Waals surface area (Å²) in [6.07, 6.45) is 0. The molecule has 1 N–H and O–H groups in total. The zero-order chi connectivity index (χ0) is 19.7. The number of hydrogen-bond donors (Lipinski definition) is 1. The van der Waals surface area contributed by atoms with E-state index in [9.17, 15) is 19.5 Å². The Morgan fingerprint density at radius 3 is 2.33 bits per heavy atom. The van der Waals surface area contributed by atoms with Gasteiger partial charge in [-0.2, -0.15) is 0 Å². The summed E-state index contributed by atoms with van der Waals surface area (Å²) >= 11 is 12.0. The molecule has 0 fully saturated rings. The normalized spacial score (nSPS) is 14.0. The van der Waals surface area contributed by atoms with E-state index in [-0.39, 0.29) is 27.7 Å². The fourth-order valence-corrected chi connectivity index (χ4v) is 2.88. The summed E-state index contributed by atoms with van der Waals surface area (Å²) in [7, 11) is 1.39. The average molecular weight is 406 g/mol. The Hall–Kier alpha value is -3.03. The molecule has 1 heterocycles. The summed E-state index contributed by atoms with van der Waals surface area (Å²) in [5.74, 6) is -2.50. The lowest BCUT2D eigenvalue weighted by molar-refractivity contribution is -0.255. The minimum absolute atomic E-state index is 0.0280. The van der Waals surface area contributed by atoms with Gasteiger partial charge in [-0.05, 0) is 35.9 Å². The standard InChI is InChI=1S/C18H12Cl2N2O5/c1-27-13-7-4-10(19)8-12(13)22-16(23)14(20)15(17(22)24)21-11-5-2-9(3-6-11)18(25)26/h2-8,21H,1H3,(H,25,26)/p-1. The molecule has 2 amide bonds. The highest BCUT2D eigenvalue weighted by atomic mass is 35.5. The van der Waals surface area contributed by atoms with Crippen LogP contribution in [-0.4, -0.2) is 24.9 Å². The number of rotatable bonds is 5. The van der Waals surface area contributed by atoms with Crippen LogP contribution in [0.1, 0.15) is 10.4 Å². The van der Waals surface area contributed by atoms with Gasteiger partial charge in [0.25, 0.3) is 11.8 Å². The van der Waals surface area contributed by atoms with Crippen molar-refractivity contribution in [1.82, 2.24) is 0 Å². The van der Waals surface area contributed by atoms with Gasteiger partial charge in [0.15, 0.2) is 0 Å². The monoisotopic (exact) mass is 405 g/mol. The summed E-state index contributed by atoms with van der Waals surface area (Å²) in [6, 6.07) is 9.93. The Bertz CT molecular complexity index is 986. The van der Waals surface area contributed by atoms with E-state index in [1.165, 1.54) is 43.5 Å². The fraction of sp³-hybridized carbons (Fsp3) is 0.0556. The number of nitrogens with one attached hydrogen (secondary N) is 1. The first kappa shape index (κ1) is 18.8. The summed E-state index contributed by atoms with van der Waals surface area (Å²) in [5, 5.41) is 13.5. The van der Waals surface area contributed by atoms with Crippen molar-refractivity contribution in [3.8, 4) is 5.75 Å². The number of carboxylic acids is 1. The van der Waals surface area contributed by atoms with Crippen LogP contribution in [0.25, 0.3) is 0 Å². The van der Waals surface area contributed by atoms with Crippen LogP contribution in [0.15, 0.2) is 53.2 Å². The molecule has 0 saturated carbocycles. The van der Waals surface area contributed by atoms with Crippen LogP contribution >= 0.6 is 23.2 Å². The maximum absolute atomic E-state index is 12.8. The summed E-state index contributed by atoms with van der Waals surface area (Å²) < 4.78 is 5.19. The van der Waals surface area contributed by atoms with Crippen molar-refractivity contribution in [2.45, 2.75) is 0 Å². The van der Waals surface area contributed by atoms with Crippen molar-refractivity contribution in [2.24, 2.45) is 0 Å². The highest BCUT2D eigenvalue weighted by Crippen LogP contribution is 2.37. The number of methoxy groups -OCH3 is 1. The number of halogens is 2. The molecule has 7 nitrogen and oxygen atoms in total. The second-order valence-electron chi connectivity index (χ2n) is 5.44. The van der Waals surface area contributed by atoms with Crippen LogP contribution in [0.3, 0.4) is 0 Å². The Balaban J connectivity index is 1.93. The van der Waals surface area contributed by atoms with Crippen molar-refractivity contribution >= 4 is 52.4 Å². The van der Waals surface area contributed by atoms with Gasteiger partial charge in [-0.3, -0.25) is 9.59 Å². The average Bonchev–Trinajstić information content (AvgIpc) is 2.85. The van der Waals surface area contributed by atoms with Gasteiger partial charge < -0.3 is 20.0 Å². The number of carbonyl (C=O) groups is 3. The van der Waals surface area contributed by atoms with E-state index >= 15 is 0 Å². The van der Waals surface area contributed by atoms with E-state index in [1.807, 2.05) is 0 Å². The van der Waals surface area contributed by atoms with Gasteiger partial charge in [0.2, 0.25) is 0 Å². The number of imide groups is 1. The third-order valence-electron chi connectivity index (χ3n) is 3.80. The lowest BCUT2D eigenvalue weighted by Crippen LogP contribution is -2.32. The Labute approximate surface area is 163 Å². The minimum atomic E-state index is -1.33. The Kier molecular flexibility index (Phi) is 5.07. The number of benzene rings is 2. The predicted octanol–water partition coefficient (Wildman–Crippen LogP) is 2.15. The second kappa shape index (κ2) is 7.30. The molecule has 0 radical (unpaired) electrons.